The number of nitrogens with zero attached hydrogens (tertiary/aromatic N) is 6. The zero-order valence-electron chi connectivity index (χ0n) is 20.4. The maximum absolute atomic E-state index is 13.1. The minimum atomic E-state index is -4.39. The van der Waals surface area contributed by atoms with Crippen LogP contribution in [0.5, 0.6) is 0 Å². The molecule has 1 aromatic carbocycles. The van der Waals surface area contributed by atoms with E-state index in [1.165, 1.54) is 11.6 Å². The van der Waals surface area contributed by atoms with Gasteiger partial charge in [-0.05, 0) is 61.8 Å². The molecule has 1 atom stereocenters. The lowest BCUT2D eigenvalue weighted by Crippen LogP contribution is -2.31. The van der Waals surface area contributed by atoms with Gasteiger partial charge in [-0.15, -0.1) is 0 Å². The second-order valence-electron chi connectivity index (χ2n) is 9.27. The van der Waals surface area contributed by atoms with Crippen LogP contribution in [0, 0.1) is 5.92 Å². The molecule has 1 aromatic heterocycles. The summed E-state index contributed by atoms with van der Waals surface area (Å²) in [5.74, 6) is 1.19. The van der Waals surface area contributed by atoms with Crippen LogP contribution in [0.4, 0.5) is 31.0 Å². The molecule has 3 heterocycles. The second kappa shape index (κ2) is 11.1. The average molecular weight is 511 g/mol. The quantitative estimate of drug-likeness (QED) is 0.373. The van der Waals surface area contributed by atoms with Gasteiger partial charge in [-0.1, -0.05) is 24.3 Å². The summed E-state index contributed by atoms with van der Waals surface area (Å²) in [6, 6.07) is 5.21. The summed E-state index contributed by atoms with van der Waals surface area (Å²) in [7, 11) is 0. The van der Waals surface area contributed by atoms with Crippen molar-refractivity contribution in [3.05, 3.63) is 58.8 Å². The van der Waals surface area contributed by atoms with Gasteiger partial charge in [0.25, 0.3) is 0 Å². The number of alkyl halides is 3. The number of piperidine rings is 1. The molecule has 0 bridgehead atoms. The second-order valence-corrected chi connectivity index (χ2v) is 9.27. The van der Waals surface area contributed by atoms with E-state index in [0.717, 1.165) is 69.4 Å². The van der Waals surface area contributed by atoms with Gasteiger partial charge in [0.05, 0.1) is 5.56 Å². The number of hydrazone groups is 1. The van der Waals surface area contributed by atoms with Gasteiger partial charge in [-0.2, -0.15) is 33.2 Å². The van der Waals surface area contributed by atoms with Crippen molar-refractivity contribution in [1.29, 1.82) is 0 Å². The molecule has 0 saturated carbocycles. The highest BCUT2D eigenvalue weighted by Crippen LogP contribution is 2.31. The van der Waals surface area contributed by atoms with Crippen molar-refractivity contribution in [2.45, 2.75) is 51.2 Å². The molecule has 0 radical (unpaired) electrons. The van der Waals surface area contributed by atoms with E-state index in [4.69, 9.17) is 0 Å². The molecule has 11 heteroatoms. The molecule has 0 amide bonds. The third-order valence-corrected chi connectivity index (χ3v) is 6.57. The number of allylic oxidation sites excluding steroid dienone is 4. The zero-order chi connectivity index (χ0) is 25.7. The number of hydrogen-bond acceptors (Lipinski definition) is 8. The summed E-state index contributed by atoms with van der Waals surface area (Å²) < 4.78 is 39.3. The van der Waals surface area contributed by atoms with Gasteiger partial charge in [-0.25, -0.2) is 5.43 Å². The number of anilines is 3. The number of aliphatic imine (C=N–C) groups is 1. The molecule has 1 aliphatic carbocycles. The first-order valence-electron chi connectivity index (χ1n) is 12.6. The van der Waals surface area contributed by atoms with Crippen molar-refractivity contribution < 1.29 is 13.2 Å². The van der Waals surface area contributed by atoms with E-state index in [0.29, 0.717) is 11.5 Å². The molecule has 1 saturated heterocycles. The predicted octanol–water partition coefficient (Wildman–Crippen LogP) is 5.59. The maximum Gasteiger partial charge on any atom is 0.416 e. The Hall–Kier alpha value is -3.76. The Morgan fingerprint density at radius 2 is 1.92 bits per heavy atom. The first-order valence-corrected chi connectivity index (χ1v) is 12.6. The van der Waals surface area contributed by atoms with E-state index in [-0.39, 0.29) is 24.4 Å². The van der Waals surface area contributed by atoms with Crippen molar-refractivity contribution in [1.82, 2.24) is 15.0 Å². The summed E-state index contributed by atoms with van der Waals surface area (Å²) in [5, 5.41) is 7.47. The fraction of sp³-hybridized carbons (Fsp3) is 0.423. The van der Waals surface area contributed by atoms with Crippen LogP contribution in [0.25, 0.3) is 0 Å². The Kier molecular flexibility index (Phi) is 7.47. The Balaban J connectivity index is 1.32. The number of rotatable bonds is 7. The third kappa shape index (κ3) is 6.33. The van der Waals surface area contributed by atoms with Crippen LogP contribution in [0.3, 0.4) is 0 Å². The molecule has 0 spiro atoms. The van der Waals surface area contributed by atoms with E-state index in [1.807, 2.05) is 12.4 Å². The van der Waals surface area contributed by atoms with E-state index < -0.39 is 11.7 Å². The summed E-state index contributed by atoms with van der Waals surface area (Å²) in [6.45, 7) is 1.82. The summed E-state index contributed by atoms with van der Waals surface area (Å²) >= 11 is 0. The number of benzene rings is 1. The van der Waals surface area contributed by atoms with Gasteiger partial charge in [0, 0.05) is 43.7 Å². The van der Waals surface area contributed by atoms with E-state index >= 15 is 0 Å². The Labute approximate surface area is 213 Å². The molecule has 1 fully saturated rings. The SMILES string of the molecule is FC(F)(F)c1cccc(CNc2nc(N/N=C/C3CC=NC4=C3C=CCC4)nc(N3CCCCC3)n2)c1. The Morgan fingerprint density at radius 1 is 1.08 bits per heavy atom. The van der Waals surface area contributed by atoms with Gasteiger partial charge < -0.3 is 10.2 Å². The maximum atomic E-state index is 13.1. The smallest absolute Gasteiger partial charge is 0.350 e. The fourth-order valence-corrected chi connectivity index (χ4v) is 4.65. The Morgan fingerprint density at radius 3 is 2.76 bits per heavy atom. The highest BCUT2D eigenvalue weighted by molar-refractivity contribution is 5.76. The molecule has 3 aliphatic rings. The number of aromatic nitrogens is 3. The van der Waals surface area contributed by atoms with Gasteiger partial charge in [0.2, 0.25) is 17.8 Å². The van der Waals surface area contributed by atoms with Gasteiger partial charge in [0.15, 0.2) is 0 Å². The highest BCUT2D eigenvalue weighted by Gasteiger charge is 2.30. The minimum Gasteiger partial charge on any atom is -0.350 e. The molecule has 8 nitrogen and oxygen atoms in total. The van der Waals surface area contributed by atoms with Gasteiger partial charge >= 0.3 is 6.18 Å². The molecule has 1 unspecified atom stereocenters. The fourth-order valence-electron chi connectivity index (χ4n) is 4.65. The molecular weight excluding hydrogens is 481 g/mol. The normalized spacial score (nSPS) is 19.9. The van der Waals surface area contributed by atoms with Gasteiger partial charge in [0.1, 0.15) is 0 Å². The van der Waals surface area contributed by atoms with Crippen molar-refractivity contribution in [2.24, 2.45) is 16.0 Å². The van der Waals surface area contributed by atoms with Crippen molar-refractivity contribution in [3.63, 3.8) is 0 Å². The topological polar surface area (TPSA) is 90.7 Å². The van der Waals surface area contributed by atoms with Crippen LogP contribution in [-0.4, -0.2) is 40.5 Å². The molecular formula is C26H29F3N8. The summed E-state index contributed by atoms with van der Waals surface area (Å²) in [5.41, 5.74) is 5.02. The zero-order valence-corrected chi connectivity index (χ0v) is 20.4. The third-order valence-electron chi connectivity index (χ3n) is 6.57. The molecule has 2 N–H and O–H groups in total. The molecule has 194 valence electrons. The number of hydrogen-bond donors (Lipinski definition) is 2. The Bertz CT molecular complexity index is 1230. The lowest BCUT2D eigenvalue weighted by molar-refractivity contribution is -0.137. The van der Waals surface area contributed by atoms with E-state index in [2.05, 4.69) is 52.8 Å². The molecule has 37 heavy (non-hydrogen) atoms. The molecule has 2 aromatic rings. The van der Waals surface area contributed by atoms with Crippen LogP contribution in [-0.2, 0) is 12.7 Å². The first kappa shape index (κ1) is 24.9. The summed E-state index contributed by atoms with van der Waals surface area (Å²) in [6.07, 6.45) is 9.63. The van der Waals surface area contributed by atoms with E-state index in [9.17, 15) is 13.2 Å². The van der Waals surface area contributed by atoms with Crippen LogP contribution < -0.4 is 15.6 Å². The van der Waals surface area contributed by atoms with Crippen LogP contribution >= 0.6 is 0 Å². The average Bonchev–Trinajstić information content (AvgIpc) is 2.92. The van der Waals surface area contributed by atoms with Crippen molar-refractivity contribution >= 4 is 30.3 Å². The minimum absolute atomic E-state index is 0.124. The van der Waals surface area contributed by atoms with Crippen LogP contribution in [0.1, 0.15) is 49.7 Å². The first-order chi connectivity index (χ1) is 18.0. The molecule has 2 aliphatic heterocycles. The standard InChI is InChI=1S/C26H29F3N8/c27-26(28,29)20-8-6-7-18(15-20)16-31-23-33-24(35-25(34-23)37-13-4-1-5-14-37)36-32-17-19-11-12-30-22-10-3-2-9-21(19)22/h2,6-9,12,15,17,19H,1,3-5,10-11,13-14,16H2,(H2,31,33,34,35,36)/b32-17+. The lowest BCUT2D eigenvalue weighted by atomic mass is 9.89. The predicted molar refractivity (Wildman–Crippen MR) is 139 cm³/mol. The van der Waals surface area contributed by atoms with Crippen molar-refractivity contribution in [3.8, 4) is 0 Å². The van der Waals surface area contributed by atoms with Gasteiger partial charge in [-0.3, -0.25) is 4.99 Å². The van der Waals surface area contributed by atoms with Crippen LogP contribution in [0.15, 0.2) is 57.8 Å². The van der Waals surface area contributed by atoms with Crippen molar-refractivity contribution in [2.75, 3.05) is 28.7 Å². The molecule has 5 rings (SSSR count). The largest absolute Gasteiger partial charge is 0.416 e. The summed E-state index contributed by atoms with van der Waals surface area (Å²) in [4.78, 5) is 20.1. The monoisotopic (exact) mass is 510 g/mol. The number of halogens is 3. The lowest BCUT2D eigenvalue weighted by Gasteiger charge is -2.27. The number of nitrogens with one attached hydrogen (secondary N) is 2. The van der Waals surface area contributed by atoms with E-state index in [1.54, 1.807) is 6.07 Å². The van der Waals surface area contributed by atoms with Crippen LogP contribution in [0.2, 0.25) is 0 Å². The highest BCUT2D eigenvalue weighted by atomic mass is 19.4.